The van der Waals surface area contributed by atoms with E-state index in [2.05, 4.69) is 4.98 Å². The molecular weight excluding hydrogens is 319 g/mol. The van der Waals surface area contributed by atoms with Crippen LogP contribution < -0.4 is 4.43 Å². The van der Waals surface area contributed by atoms with Crippen LogP contribution >= 0.6 is 0 Å². The minimum absolute atomic E-state index is 0.0394. The van der Waals surface area contributed by atoms with Gasteiger partial charge in [-0.3, -0.25) is 0 Å². The number of aliphatic hydroxyl groups excluding tert-OH is 1. The second-order valence-electron chi connectivity index (χ2n) is 4.41. The predicted molar refractivity (Wildman–Crippen MR) is 76.7 cm³/mol. The van der Waals surface area contributed by atoms with Crippen LogP contribution in [0.2, 0.25) is 0 Å². The molecule has 0 spiro atoms. The van der Waals surface area contributed by atoms with Crippen molar-refractivity contribution in [1.29, 1.82) is 5.26 Å². The summed E-state index contributed by atoms with van der Waals surface area (Å²) in [6.07, 6.45) is -0.750. The fourth-order valence-corrected chi connectivity index (χ4v) is 3.71. The molecule has 2 N–H and O–H groups in total. The zero-order valence-corrected chi connectivity index (χ0v) is 12.0. The summed E-state index contributed by atoms with van der Waals surface area (Å²) in [4.78, 5) is 14.1. The van der Waals surface area contributed by atoms with Crippen molar-refractivity contribution in [1.82, 2.24) is 4.98 Å². The van der Waals surface area contributed by atoms with E-state index in [4.69, 9.17) is 5.26 Å². The Morgan fingerprint density at radius 3 is 2.55 bits per heavy atom. The summed E-state index contributed by atoms with van der Waals surface area (Å²) in [7, 11) is 0. The molecule has 3 rings (SSSR count). The Balaban J connectivity index is 2.00. The number of rotatable bonds is 2. The first-order chi connectivity index (χ1) is 9.67. The predicted octanol–water partition coefficient (Wildman–Crippen LogP) is 1.54. The van der Waals surface area contributed by atoms with Gasteiger partial charge < -0.3 is 0 Å². The van der Waals surface area contributed by atoms with Crippen molar-refractivity contribution in [2.24, 2.45) is 0 Å². The zero-order chi connectivity index (χ0) is 14.1. The maximum absolute atomic E-state index is 11.3. The Morgan fingerprint density at radius 2 is 1.85 bits per heavy atom. The van der Waals surface area contributed by atoms with E-state index in [1.807, 2.05) is 24.3 Å². The third kappa shape index (κ3) is 2.33. The minimum atomic E-state index is -0.750. The van der Waals surface area contributed by atoms with Crippen molar-refractivity contribution >= 4 is 24.3 Å². The molecule has 3 aromatic rings. The van der Waals surface area contributed by atoms with E-state index < -0.39 is 6.10 Å². The molecule has 0 amide bonds. The molecule has 0 aliphatic rings. The van der Waals surface area contributed by atoms with Gasteiger partial charge in [-0.2, -0.15) is 0 Å². The number of aliphatic hydroxyl groups is 1. The van der Waals surface area contributed by atoms with Gasteiger partial charge in [0.2, 0.25) is 0 Å². The van der Waals surface area contributed by atoms with Crippen LogP contribution in [0.25, 0.3) is 9.78 Å². The number of nitrogens with zero attached hydrogens (tertiary/aromatic N) is 1. The van der Waals surface area contributed by atoms with Crippen molar-refractivity contribution < 1.29 is 5.11 Å². The first-order valence-electron chi connectivity index (χ1n) is 5.98. The molecule has 0 bridgehead atoms. The number of H-pyrrole nitrogens is 1. The summed E-state index contributed by atoms with van der Waals surface area (Å²) in [5.41, 5.74) is 2.89. The van der Waals surface area contributed by atoms with Gasteiger partial charge in [0, 0.05) is 0 Å². The zero-order valence-electron chi connectivity index (χ0n) is 10.3. The molecule has 1 unspecified atom stereocenters. The monoisotopic (exact) mass is 330 g/mol. The van der Waals surface area contributed by atoms with E-state index in [9.17, 15) is 9.90 Å². The number of aromatic amines is 1. The van der Waals surface area contributed by atoms with Gasteiger partial charge in [0.25, 0.3) is 0 Å². The molecule has 2 aromatic carbocycles. The van der Waals surface area contributed by atoms with Crippen molar-refractivity contribution in [3.63, 3.8) is 0 Å². The van der Waals surface area contributed by atoms with Gasteiger partial charge in [0.1, 0.15) is 0 Å². The average molecular weight is 329 g/mol. The summed E-state index contributed by atoms with van der Waals surface area (Å²) in [5, 5.41) is 19.1. The Bertz CT molecular complexity index is 856. The number of aromatic nitrogens is 1. The van der Waals surface area contributed by atoms with E-state index in [1.165, 1.54) is 0 Å². The molecule has 1 heterocycles. The number of hydrogen-bond donors (Lipinski definition) is 2. The number of benzene rings is 2. The summed E-state index contributed by atoms with van der Waals surface area (Å²) < 4.78 is 1.00. The van der Waals surface area contributed by atoms with Crippen molar-refractivity contribution in [2.45, 2.75) is 6.10 Å². The summed E-state index contributed by atoms with van der Waals surface area (Å²) >= 11 is -0.226. The average Bonchev–Trinajstić information content (AvgIpc) is 2.85. The van der Waals surface area contributed by atoms with Gasteiger partial charge >= 0.3 is 120 Å². The van der Waals surface area contributed by atoms with Crippen LogP contribution in [0.15, 0.2) is 47.3 Å². The topological polar surface area (TPSA) is 76.9 Å². The van der Waals surface area contributed by atoms with Crippen LogP contribution in [0.4, 0.5) is 0 Å². The molecule has 5 heteroatoms. The molecule has 1 atom stereocenters. The summed E-state index contributed by atoms with van der Waals surface area (Å²) in [6, 6.07) is 14.4. The number of nitriles is 1. The van der Waals surface area contributed by atoms with E-state index in [0.717, 1.165) is 20.9 Å². The molecule has 0 aliphatic carbocycles. The normalized spacial score (nSPS) is 12.2. The Morgan fingerprint density at radius 1 is 1.15 bits per heavy atom. The third-order valence-electron chi connectivity index (χ3n) is 3.12. The SMILES string of the molecule is N#Cc1ccc(C(O)c2ccc3[nH]c(=O)[se]c3c2)cc1. The van der Waals surface area contributed by atoms with Crippen LogP contribution in [-0.4, -0.2) is 24.6 Å². The molecule has 0 saturated heterocycles. The quantitative estimate of drug-likeness (QED) is 0.700. The van der Waals surface area contributed by atoms with Crippen LogP contribution in [0.5, 0.6) is 0 Å². The Labute approximate surface area is 120 Å². The molecule has 98 valence electrons. The van der Waals surface area contributed by atoms with E-state index in [1.54, 1.807) is 24.3 Å². The van der Waals surface area contributed by atoms with Gasteiger partial charge in [-0.25, -0.2) is 0 Å². The second-order valence-corrected chi connectivity index (χ2v) is 6.54. The third-order valence-corrected chi connectivity index (χ3v) is 4.89. The van der Waals surface area contributed by atoms with Crippen molar-refractivity contribution in [3.8, 4) is 6.07 Å². The van der Waals surface area contributed by atoms with Gasteiger partial charge in [0.15, 0.2) is 0 Å². The standard InChI is InChI=1S/C15H10N2O2Se/c16-8-9-1-3-10(4-2-9)14(18)11-5-6-12-13(7-11)20-15(19)17-12/h1-7,14,18H,(H,17,19). The molecule has 0 aliphatic heterocycles. The van der Waals surface area contributed by atoms with Crippen LogP contribution in [0.3, 0.4) is 0 Å². The van der Waals surface area contributed by atoms with Gasteiger partial charge in [-0.1, -0.05) is 0 Å². The molecule has 1 aromatic heterocycles. The molecule has 0 radical (unpaired) electrons. The Hall–Kier alpha value is -2.12. The first-order valence-corrected chi connectivity index (χ1v) is 7.69. The fourth-order valence-electron chi connectivity index (χ4n) is 2.06. The maximum atomic E-state index is 11.3. The van der Waals surface area contributed by atoms with Crippen LogP contribution in [0.1, 0.15) is 22.8 Å². The molecule has 0 fully saturated rings. The molecular formula is C15H10N2O2Se. The Kier molecular flexibility index (Phi) is 3.29. The van der Waals surface area contributed by atoms with E-state index >= 15 is 0 Å². The second kappa shape index (κ2) is 5.10. The van der Waals surface area contributed by atoms with Gasteiger partial charge in [0.05, 0.1) is 0 Å². The van der Waals surface area contributed by atoms with E-state index in [-0.39, 0.29) is 18.9 Å². The summed E-state index contributed by atoms with van der Waals surface area (Å²) in [5.74, 6) is 0. The molecule has 4 nitrogen and oxygen atoms in total. The van der Waals surface area contributed by atoms with E-state index in [0.29, 0.717) is 5.56 Å². The summed E-state index contributed by atoms with van der Waals surface area (Å²) in [6.45, 7) is 0. The number of nitrogens with one attached hydrogen (secondary N) is 1. The first kappa shape index (κ1) is 12.9. The van der Waals surface area contributed by atoms with Crippen molar-refractivity contribution in [2.75, 3.05) is 0 Å². The number of fused-ring (bicyclic) bond motifs is 1. The van der Waals surface area contributed by atoms with Crippen LogP contribution in [-0.2, 0) is 0 Å². The van der Waals surface area contributed by atoms with Crippen LogP contribution in [0, 0.1) is 11.3 Å². The molecule has 20 heavy (non-hydrogen) atoms. The van der Waals surface area contributed by atoms with Gasteiger partial charge in [-0.05, 0) is 0 Å². The van der Waals surface area contributed by atoms with Gasteiger partial charge in [-0.15, -0.1) is 0 Å². The fraction of sp³-hybridized carbons (Fsp3) is 0.0667. The molecule has 0 saturated carbocycles. The van der Waals surface area contributed by atoms with Crippen molar-refractivity contribution in [3.05, 3.63) is 68.4 Å². The number of hydrogen-bond acceptors (Lipinski definition) is 3.